The van der Waals surface area contributed by atoms with Gasteiger partial charge in [0.1, 0.15) is 18.3 Å². The summed E-state index contributed by atoms with van der Waals surface area (Å²) in [6.07, 6.45) is 8.44. The minimum atomic E-state index is 0.465. The van der Waals surface area contributed by atoms with Crippen molar-refractivity contribution in [2.45, 2.75) is 6.42 Å². The van der Waals surface area contributed by atoms with Crippen LogP contribution in [0.1, 0.15) is 6.42 Å². The number of ether oxygens (including phenoxy) is 1. The molecule has 0 heterocycles. The van der Waals surface area contributed by atoms with Gasteiger partial charge in [0.15, 0.2) is 0 Å². The monoisotopic (exact) mass is 161 g/mol. The molecule has 61 valence electrons. The standard InChI is InChI=1S/C10H9O2/c1-2-7-12-10-5-3-9(8-11)4-6-10/h2-3,6H,1,4,7H2. The van der Waals surface area contributed by atoms with Crippen molar-refractivity contribution in [3.8, 4) is 0 Å². The van der Waals surface area contributed by atoms with E-state index in [-0.39, 0.29) is 0 Å². The van der Waals surface area contributed by atoms with Crippen LogP contribution in [0.4, 0.5) is 0 Å². The third kappa shape index (κ3) is 2.26. The summed E-state index contributed by atoms with van der Waals surface area (Å²) in [5.41, 5.74) is 0.598. The average Bonchev–Trinajstić information content (AvgIpc) is 2.15. The Balaban J connectivity index is 2.52. The molecule has 0 aliphatic heterocycles. The lowest BCUT2D eigenvalue weighted by Crippen LogP contribution is -1.94. The topological polar surface area (TPSA) is 26.3 Å². The van der Waals surface area contributed by atoms with Crippen LogP contribution in [-0.4, -0.2) is 12.5 Å². The molecule has 0 fully saturated rings. The first kappa shape index (κ1) is 8.57. The van der Waals surface area contributed by atoms with Gasteiger partial charge in [-0.3, -0.25) is 0 Å². The van der Waals surface area contributed by atoms with E-state index in [1.54, 1.807) is 18.2 Å². The van der Waals surface area contributed by atoms with Crippen LogP contribution in [0.15, 0.2) is 36.1 Å². The van der Waals surface area contributed by atoms with E-state index in [9.17, 15) is 4.79 Å². The van der Waals surface area contributed by atoms with Crippen molar-refractivity contribution in [2.75, 3.05) is 6.61 Å². The summed E-state index contributed by atoms with van der Waals surface area (Å²) in [6.45, 7) is 3.98. The Morgan fingerprint density at radius 3 is 3.17 bits per heavy atom. The minimum Gasteiger partial charge on any atom is -0.489 e. The largest absolute Gasteiger partial charge is 0.489 e. The molecule has 1 rings (SSSR count). The second-order valence-electron chi connectivity index (χ2n) is 2.29. The Hall–Kier alpha value is -1.53. The molecule has 1 aliphatic rings. The lowest BCUT2D eigenvalue weighted by molar-refractivity contribution is 0.257. The molecule has 0 unspecified atom stereocenters. The molecule has 0 bridgehead atoms. The van der Waals surface area contributed by atoms with Crippen LogP contribution >= 0.6 is 0 Å². The van der Waals surface area contributed by atoms with Gasteiger partial charge in [-0.05, 0) is 12.2 Å². The van der Waals surface area contributed by atoms with Crippen molar-refractivity contribution in [3.63, 3.8) is 0 Å². The zero-order valence-corrected chi connectivity index (χ0v) is 6.67. The summed E-state index contributed by atoms with van der Waals surface area (Å²) in [5.74, 6) is 2.47. The van der Waals surface area contributed by atoms with Crippen LogP contribution in [0.2, 0.25) is 0 Å². The van der Waals surface area contributed by atoms with Crippen LogP contribution in [0, 0.1) is 6.08 Å². The Kier molecular flexibility index (Phi) is 3.12. The van der Waals surface area contributed by atoms with Gasteiger partial charge in [-0.1, -0.05) is 12.7 Å². The molecule has 0 atom stereocenters. The van der Waals surface area contributed by atoms with Gasteiger partial charge in [-0.15, -0.1) is 0 Å². The highest BCUT2D eigenvalue weighted by atomic mass is 16.5. The molecule has 0 aromatic carbocycles. The number of allylic oxidation sites excluding steroid dienone is 4. The highest BCUT2D eigenvalue weighted by Crippen LogP contribution is 2.12. The first-order chi connectivity index (χ1) is 5.86. The Labute approximate surface area is 71.5 Å². The molecule has 0 spiro atoms. The second kappa shape index (κ2) is 4.37. The van der Waals surface area contributed by atoms with E-state index in [4.69, 9.17) is 4.74 Å². The SMILES string of the molecule is C=CCOC1=CCC(=C=O)C=[C]1. The smallest absolute Gasteiger partial charge is 0.128 e. The minimum absolute atomic E-state index is 0.465. The lowest BCUT2D eigenvalue weighted by Gasteiger charge is -2.06. The molecule has 2 heteroatoms. The van der Waals surface area contributed by atoms with Crippen LogP contribution < -0.4 is 0 Å². The number of hydrogen-bond donors (Lipinski definition) is 0. The Morgan fingerprint density at radius 2 is 2.67 bits per heavy atom. The normalized spacial score (nSPS) is 15.0. The van der Waals surface area contributed by atoms with E-state index in [0.717, 1.165) is 0 Å². The molecule has 0 saturated carbocycles. The fourth-order valence-corrected chi connectivity index (χ4v) is 0.799. The van der Waals surface area contributed by atoms with E-state index >= 15 is 0 Å². The van der Waals surface area contributed by atoms with E-state index in [1.165, 1.54) is 0 Å². The fourth-order valence-electron chi connectivity index (χ4n) is 0.799. The van der Waals surface area contributed by atoms with Crippen LogP contribution in [-0.2, 0) is 9.53 Å². The summed E-state index contributed by atoms with van der Waals surface area (Å²) >= 11 is 0. The van der Waals surface area contributed by atoms with E-state index in [1.807, 2.05) is 5.94 Å². The maximum atomic E-state index is 10.2. The van der Waals surface area contributed by atoms with Crippen molar-refractivity contribution in [1.82, 2.24) is 0 Å². The maximum absolute atomic E-state index is 10.2. The molecule has 0 N–H and O–H groups in total. The van der Waals surface area contributed by atoms with Crippen molar-refractivity contribution in [3.05, 3.63) is 42.2 Å². The highest BCUT2D eigenvalue weighted by molar-refractivity contribution is 5.58. The molecule has 0 aromatic heterocycles. The zero-order chi connectivity index (χ0) is 8.81. The van der Waals surface area contributed by atoms with E-state index in [2.05, 4.69) is 12.7 Å². The summed E-state index contributed by atoms with van der Waals surface area (Å²) < 4.78 is 5.18. The molecular weight excluding hydrogens is 152 g/mol. The Bertz CT molecular complexity index is 278. The van der Waals surface area contributed by atoms with E-state index in [0.29, 0.717) is 24.4 Å². The zero-order valence-electron chi connectivity index (χ0n) is 6.67. The third-order valence-corrected chi connectivity index (χ3v) is 1.38. The van der Waals surface area contributed by atoms with Crippen LogP contribution in [0.25, 0.3) is 0 Å². The van der Waals surface area contributed by atoms with Crippen molar-refractivity contribution >= 4 is 5.94 Å². The Morgan fingerprint density at radius 1 is 1.83 bits per heavy atom. The van der Waals surface area contributed by atoms with Crippen molar-refractivity contribution < 1.29 is 9.53 Å². The summed E-state index contributed by atoms with van der Waals surface area (Å²) in [5, 5.41) is 0. The predicted octanol–water partition coefficient (Wildman–Crippen LogP) is 1.59. The summed E-state index contributed by atoms with van der Waals surface area (Å²) in [4.78, 5) is 10.2. The molecule has 0 saturated heterocycles. The number of carbonyl (C=O) groups excluding carboxylic acids is 1. The molecule has 1 aliphatic carbocycles. The van der Waals surface area contributed by atoms with E-state index < -0.39 is 0 Å². The van der Waals surface area contributed by atoms with Gasteiger partial charge in [0.25, 0.3) is 0 Å². The summed E-state index contributed by atoms with van der Waals surface area (Å²) in [6, 6.07) is 0. The molecule has 0 aromatic rings. The number of hydrogen-bond acceptors (Lipinski definition) is 2. The summed E-state index contributed by atoms with van der Waals surface area (Å²) in [7, 11) is 0. The number of rotatable bonds is 3. The van der Waals surface area contributed by atoms with Gasteiger partial charge in [-0.2, -0.15) is 0 Å². The van der Waals surface area contributed by atoms with Gasteiger partial charge >= 0.3 is 0 Å². The van der Waals surface area contributed by atoms with Gasteiger partial charge in [0.05, 0.1) is 0 Å². The molecule has 0 amide bonds. The average molecular weight is 161 g/mol. The first-order valence-electron chi connectivity index (χ1n) is 3.64. The third-order valence-electron chi connectivity index (χ3n) is 1.38. The van der Waals surface area contributed by atoms with Gasteiger partial charge in [0.2, 0.25) is 0 Å². The van der Waals surface area contributed by atoms with Crippen LogP contribution in [0.5, 0.6) is 0 Å². The molecule has 12 heavy (non-hydrogen) atoms. The second-order valence-corrected chi connectivity index (χ2v) is 2.29. The van der Waals surface area contributed by atoms with Gasteiger partial charge in [0, 0.05) is 18.1 Å². The molecule has 1 radical (unpaired) electrons. The quantitative estimate of drug-likeness (QED) is 0.464. The molecular formula is C10H9O2. The highest BCUT2D eigenvalue weighted by Gasteiger charge is 2.01. The predicted molar refractivity (Wildman–Crippen MR) is 45.9 cm³/mol. The van der Waals surface area contributed by atoms with Crippen molar-refractivity contribution in [1.29, 1.82) is 0 Å². The van der Waals surface area contributed by atoms with Crippen LogP contribution in [0.3, 0.4) is 0 Å². The fraction of sp³-hybridized carbons (Fsp3) is 0.200. The maximum Gasteiger partial charge on any atom is 0.128 e. The lowest BCUT2D eigenvalue weighted by atomic mass is 10.1. The van der Waals surface area contributed by atoms with Gasteiger partial charge in [-0.25, -0.2) is 4.79 Å². The van der Waals surface area contributed by atoms with Gasteiger partial charge < -0.3 is 4.74 Å². The first-order valence-corrected chi connectivity index (χ1v) is 3.64. The van der Waals surface area contributed by atoms with Crippen molar-refractivity contribution in [2.24, 2.45) is 0 Å². The molecule has 2 nitrogen and oxygen atoms in total.